The summed E-state index contributed by atoms with van der Waals surface area (Å²) in [7, 11) is 0. The van der Waals surface area contributed by atoms with E-state index in [4.69, 9.17) is 0 Å². The lowest BCUT2D eigenvalue weighted by molar-refractivity contribution is -0.132. The van der Waals surface area contributed by atoms with Crippen molar-refractivity contribution in [2.45, 2.75) is 83.7 Å². The van der Waals surface area contributed by atoms with Crippen LogP contribution in [0.4, 0.5) is 4.79 Å². The van der Waals surface area contributed by atoms with Crippen LogP contribution in [-0.2, 0) is 17.8 Å². The van der Waals surface area contributed by atoms with Gasteiger partial charge in [0.2, 0.25) is 5.91 Å². The van der Waals surface area contributed by atoms with Crippen LogP contribution < -0.4 is 5.32 Å². The number of carbonyl (C=O) groups is 2. The standard InChI is InChI=1S/C24H37N3O2/c1-2-3-4-10-16-27(24(29)25-22-13-6-5-7-14-22)19-23(28)26-17-15-20-11-8-9-12-21(20)18-26/h8-9,11-12,22H,2-7,10,13-19H2,1H3,(H,25,29). The quantitative estimate of drug-likeness (QED) is 0.655. The lowest BCUT2D eigenvalue weighted by Gasteiger charge is -2.32. The molecular formula is C24H37N3O2. The van der Waals surface area contributed by atoms with E-state index in [1.165, 1.54) is 43.2 Å². The summed E-state index contributed by atoms with van der Waals surface area (Å²) in [5.74, 6) is 0.0637. The molecule has 0 spiro atoms. The first-order chi connectivity index (χ1) is 14.2. The van der Waals surface area contributed by atoms with Crippen LogP contribution >= 0.6 is 0 Å². The maximum Gasteiger partial charge on any atom is 0.318 e. The van der Waals surface area contributed by atoms with Gasteiger partial charge in [-0.1, -0.05) is 69.7 Å². The van der Waals surface area contributed by atoms with Gasteiger partial charge in [-0.25, -0.2) is 4.79 Å². The third kappa shape index (κ3) is 6.48. The second kappa shape index (κ2) is 11.2. The fraction of sp³-hybridized carbons (Fsp3) is 0.667. The van der Waals surface area contributed by atoms with Crippen LogP contribution in [-0.4, -0.2) is 47.4 Å². The highest BCUT2D eigenvalue weighted by Crippen LogP contribution is 2.20. The monoisotopic (exact) mass is 399 g/mol. The van der Waals surface area contributed by atoms with Crippen molar-refractivity contribution in [3.63, 3.8) is 0 Å². The molecule has 2 aliphatic rings. The Morgan fingerprint density at radius 3 is 2.59 bits per heavy atom. The predicted octanol–water partition coefficient (Wildman–Crippen LogP) is 4.50. The Morgan fingerprint density at radius 2 is 1.83 bits per heavy atom. The summed E-state index contributed by atoms with van der Waals surface area (Å²) >= 11 is 0. The zero-order chi connectivity index (χ0) is 20.5. The minimum atomic E-state index is -0.0563. The van der Waals surface area contributed by atoms with Crippen LogP contribution in [0.3, 0.4) is 0 Å². The van der Waals surface area contributed by atoms with E-state index in [0.717, 1.165) is 38.6 Å². The predicted molar refractivity (Wildman–Crippen MR) is 117 cm³/mol. The van der Waals surface area contributed by atoms with Crippen molar-refractivity contribution in [1.29, 1.82) is 0 Å². The van der Waals surface area contributed by atoms with Gasteiger partial charge in [0.1, 0.15) is 6.54 Å². The molecule has 1 fully saturated rings. The Morgan fingerprint density at radius 1 is 1.07 bits per heavy atom. The van der Waals surface area contributed by atoms with Crippen LogP contribution in [0.2, 0.25) is 0 Å². The first-order valence-electron chi connectivity index (χ1n) is 11.6. The maximum absolute atomic E-state index is 13.0. The molecule has 1 aromatic carbocycles. The molecule has 1 saturated carbocycles. The van der Waals surface area contributed by atoms with Gasteiger partial charge in [-0.3, -0.25) is 4.79 Å². The lowest BCUT2D eigenvalue weighted by Crippen LogP contribution is -2.50. The van der Waals surface area contributed by atoms with Crippen molar-refractivity contribution in [3.05, 3.63) is 35.4 Å². The Labute approximate surface area is 175 Å². The Balaban J connectivity index is 1.57. The summed E-state index contributed by atoms with van der Waals surface area (Å²) in [6, 6.07) is 8.56. The van der Waals surface area contributed by atoms with Crippen LogP contribution in [0.25, 0.3) is 0 Å². The van der Waals surface area contributed by atoms with E-state index in [1.807, 2.05) is 11.0 Å². The molecule has 0 bridgehead atoms. The van der Waals surface area contributed by atoms with Gasteiger partial charge in [0, 0.05) is 25.7 Å². The van der Waals surface area contributed by atoms with Gasteiger partial charge in [0.15, 0.2) is 0 Å². The summed E-state index contributed by atoms with van der Waals surface area (Å²) in [5.41, 5.74) is 2.57. The number of nitrogens with zero attached hydrogens (tertiary/aromatic N) is 2. The van der Waals surface area contributed by atoms with Gasteiger partial charge in [0.25, 0.3) is 0 Å². The zero-order valence-electron chi connectivity index (χ0n) is 18.0. The average Bonchev–Trinajstić information content (AvgIpc) is 2.76. The third-order valence-electron chi connectivity index (χ3n) is 6.31. The van der Waals surface area contributed by atoms with Crippen molar-refractivity contribution in [2.24, 2.45) is 0 Å². The number of hydrogen-bond acceptors (Lipinski definition) is 2. The third-order valence-corrected chi connectivity index (χ3v) is 6.31. The second-order valence-electron chi connectivity index (χ2n) is 8.60. The number of amides is 3. The summed E-state index contributed by atoms with van der Waals surface area (Å²) in [4.78, 5) is 29.6. The normalized spacial score (nSPS) is 16.9. The van der Waals surface area contributed by atoms with E-state index in [1.54, 1.807) is 4.90 Å². The number of fused-ring (bicyclic) bond motifs is 1. The molecule has 0 radical (unpaired) electrons. The van der Waals surface area contributed by atoms with Gasteiger partial charge in [-0.15, -0.1) is 0 Å². The molecule has 5 heteroatoms. The minimum absolute atomic E-state index is 0.0563. The highest BCUT2D eigenvalue weighted by molar-refractivity contribution is 5.84. The van der Waals surface area contributed by atoms with Crippen LogP contribution in [0, 0.1) is 0 Å². The number of rotatable bonds is 8. The van der Waals surface area contributed by atoms with Crippen molar-refractivity contribution >= 4 is 11.9 Å². The zero-order valence-corrected chi connectivity index (χ0v) is 18.0. The van der Waals surface area contributed by atoms with E-state index in [0.29, 0.717) is 13.1 Å². The lowest BCUT2D eigenvalue weighted by atomic mass is 9.96. The van der Waals surface area contributed by atoms with Crippen LogP contribution in [0.1, 0.15) is 75.8 Å². The first-order valence-corrected chi connectivity index (χ1v) is 11.6. The Bertz CT molecular complexity index is 670. The molecule has 3 rings (SSSR count). The Kier molecular flexibility index (Phi) is 8.38. The maximum atomic E-state index is 13.0. The molecule has 1 heterocycles. The average molecular weight is 400 g/mol. The smallest absolute Gasteiger partial charge is 0.318 e. The number of nitrogens with one attached hydrogen (secondary N) is 1. The molecule has 29 heavy (non-hydrogen) atoms. The van der Waals surface area contributed by atoms with Crippen molar-refractivity contribution in [1.82, 2.24) is 15.1 Å². The number of urea groups is 1. The molecule has 0 atom stereocenters. The van der Waals surface area contributed by atoms with E-state index in [2.05, 4.69) is 30.4 Å². The van der Waals surface area contributed by atoms with Crippen molar-refractivity contribution in [3.8, 4) is 0 Å². The van der Waals surface area contributed by atoms with Gasteiger partial charge < -0.3 is 15.1 Å². The Hall–Kier alpha value is -2.04. The number of unbranched alkanes of at least 4 members (excludes halogenated alkanes) is 3. The van der Waals surface area contributed by atoms with E-state index >= 15 is 0 Å². The molecular weight excluding hydrogens is 362 g/mol. The fourth-order valence-electron chi connectivity index (χ4n) is 4.47. The highest BCUT2D eigenvalue weighted by atomic mass is 16.2. The van der Waals surface area contributed by atoms with Gasteiger partial charge in [-0.05, 0) is 36.8 Å². The number of hydrogen-bond donors (Lipinski definition) is 1. The van der Waals surface area contributed by atoms with E-state index in [9.17, 15) is 9.59 Å². The molecule has 1 N–H and O–H groups in total. The molecule has 0 saturated heterocycles. The molecule has 3 amide bonds. The van der Waals surface area contributed by atoms with E-state index < -0.39 is 0 Å². The summed E-state index contributed by atoms with van der Waals surface area (Å²) in [5, 5.41) is 3.20. The van der Waals surface area contributed by atoms with Gasteiger partial charge >= 0.3 is 6.03 Å². The molecule has 0 aromatic heterocycles. The highest BCUT2D eigenvalue weighted by Gasteiger charge is 2.25. The SMILES string of the molecule is CCCCCCN(CC(=O)N1CCc2ccccc2C1)C(=O)NC1CCCCC1. The molecule has 1 aliphatic heterocycles. The van der Waals surface area contributed by atoms with Gasteiger partial charge in [-0.2, -0.15) is 0 Å². The van der Waals surface area contributed by atoms with Crippen LogP contribution in [0.5, 0.6) is 0 Å². The van der Waals surface area contributed by atoms with Crippen molar-refractivity contribution < 1.29 is 9.59 Å². The summed E-state index contributed by atoms with van der Waals surface area (Å²) < 4.78 is 0. The van der Waals surface area contributed by atoms with Crippen molar-refractivity contribution in [2.75, 3.05) is 19.6 Å². The largest absolute Gasteiger partial charge is 0.336 e. The minimum Gasteiger partial charge on any atom is -0.336 e. The molecule has 0 unspecified atom stereocenters. The number of carbonyl (C=O) groups excluding carboxylic acids is 2. The summed E-state index contributed by atoms with van der Waals surface area (Å²) in [6.45, 7) is 4.43. The fourth-order valence-corrected chi connectivity index (χ4v) is 4.47. The summed E-state index contributed by atoms with van der Waals surface area (Å²) in [6.07, 6.45) is 11.1. The first kappa shape index (κ1) is 21.7. The molecule has 160 valence electrons. The molecule has 1 aliphatic carbocycles. The second-order valence-corrected chi connectivity index (χ2v) is 8.60. The topological polar surface area (TPSA) is 52.7 Å². The van der Waals surface area contributed by atoms with Gasteiger partial charge in [0.05, 0.1) is 0 Å². The van der Waals surface area contributed by atoms with Crippen LogP contribution in [0.15, 0.2) is 24.3 Å². The molecule has 1 aromatic rings. The number of benzene rings is 1. The van der Waals surface area contributed by atoms with E-state index in [-0.39, 0.29) is 24.5 Å². The molecule has 5 nitrogen and oxygen atoms in total.